The molecular weight excluding hydrogens is 280 g/mol. The summed E-state index contributed by atoms with van der Waals surface area (Å²) >= 11 is 0. The zero-order valence-corrected chi connectivity index (χ0v) is 12.7. The lowest BCUT2D eigenvalue weighted by Gasteiger charge is -2.07. The first-order chi connectivity index (χ1) is 10.7. The van der Waals surface area contributed by atoms with Crippen LogP contribution in [0.3, 0.4) is 0 Å². The van der Waals surface area contributed by atoms with Gasteiger partial charge in [-0.1, -0.05) is 11.2 Å². The number of methoxy groups -OCH3 is 2. The van der Waals surface area contributed by atoms with Crippen molar-refractivity contribution in [1.29, 1.82) is 0 Å². The summed E-state index contributed by atoms with van der Waals surface area (Å²) in [6.07, 6.45) is 1.73. The Balaban J connectivity index is 2.09. The van der Waals surface area contributed by atoms with E-state index in [0.717, 1.165) is 22.5 Å². The average molecular weight is 296 g/mol. The third-order valence-electron chi connectivity index (χ3n) is 3.45. The predicted octanol–water partition coefficient (Wildman–Crippen LogP) is 3.73. The van der Waals surface area contributed by atoms with Gasteiger partial charge in [-0.25, -0.2) is 0 Å². The van der Waals surface area contributed by atoms with E-state index in [1.165, 1.54) is 0 Å². The Labute approximate surface area is 128 Å². The van der Waals surface area contributed by atoms with Gasteiger partial charge in [0.1, 0.15) is 22.9 Å². The Bertz CT molecular complexity index is 760. The van der Waals surface area contributed by atoms with E-state index < -0.39 is 0 Å². The van der Waals surface area contributed by atoms with Crippen molar-refractivity contribution >= 4 is 0 Å². The molecule has 0 atom stereocenters. The fraction of sp³-hybridized carbons (Fsp3) is 0.176. The van der Waals surface area contributed by atoms with Crippen molar-refractivity contribution in [3.63, 3.8) is 0 Å². The van der Waals surface area contributed by atoms with Gasteiger partial charge in [-0.2, -0.15) is 0 Å². The molecule has 5 nitrogen and oxygen atoms in total. The van der Waals surface area contributed by atoms with E-state index in [-0.39, 0.29) is 0 Å². The van der Waals surface area contributed by atoms with Crippen LogP contribution in [0.25, 0.3) is 22.7 Å². The van der Waals surface area contributed by atoms with Crippen LogP contribution in [0.4, 0.5) is 0 Å². The quantitative estimate of drug-likeness (QED) is 0.734. The summed E-state index contributed by atoms with van der Waals surface area (Å²) in [7, 11) is 3.24. The molecule has 3 aromatic rings. The Kier molecular flexibility index (Phi) is 3.78. The Morgan fingerprint density at radius 1 is 1.00 bits per heavy atom. The molecule has 0 aliphatic rings. The third-order valence-corrected chi connectivity index (χ3v) is 3.45. The largest absolute Gasteiger partial charge is 0.497 e. The summed E-state index contributed by atoms with van der Waals surface area (Å²) in [6, 6.07) is 11.3. The van der Waals surface area contributed by atoms with Gasteiger partial charge < -0.3 is 14.0 Å². The maximum atomic E-state index is 5.49. The summed E-state index contributed by atoms with van der Waals surface area (Å²) < 4.78 is 16.1. The third kappa shape index (κ3) is 2.53. The zero-order valence-electron chi connectivity index (χ0n) is 12.7. The standard InChI is InChI=1S/C17H16N2O3/c1-11-16(12-8-13(20-2)10-14(9-12)21-3)19-22-17(11)15-6-4-5-7-18-15/h4-10H,1-3H3. The summed E-state index contributed by atoms with van der Waals surface area (Å²) in [6.45, 7) is 1.96. The van der Waals surface area contributed by atoms with Gasteiger partial charge in [0.15, 0.2) is 5.76 Å². The minimum atomic E-state index is 0.664. The lowest BCUT2D eigenvalue weighted by atomic mass is 10.1. The van der Waals surface area contributed by atoms with Gasteiger partial charge in [0.2, 0.25) is 0 Å². The van der Waals surface area contributed by atoms with Crippen LogP contribution in [-0.2, 0) is 0 Å². The average Bonchev–Trinajstić information content (AvgIpc) is 2.96. The van der Waals surface area contributed by atoms with Crippen LogP contribution in [0.1, 0.15) is 5.56 Å². The number of benzene rings is 1. The van der Waals surface area contributed by atoms with E-state index in [0.29, 0.717) is 17.3 Å². The lowest BCUT2D eigenvalue weighted by Crippen LogP contribution is -1.90. The van der Waals surface area contributed by atoms with Gasteiger partial charge >= 0.3 is 0 Å². The second kappa shape index (κ2) is 5.89. The minimum Gasteiger partial charge on any atom is -0.497 e. The Morgan fingerprint density at radius 3 is 2.32 bits per heavy atom. The molecule has 0 saturated carbocycles. The van der Waals surface area contributed by atoms with Gasteiger partial charge in [0.05, 0.1) is 14.2 Å². The van der Waals surface area contributed by atoms with Gasteiger partial charge in [0, 0.05) is 23.4 Å². The highest BCUT2D eigenvalue weighted by Gasteiger charge is 2.17. The van der Waals surface area contributed by atoms with Gasteiger partial charge in [-0.15, -0.1) is 0 Å². The molecule has 2 heterocycles. The fourth-order valence-electron chi connectivity index (χ4n) is 2.29. The van der Waals surface area contributed by atoms with E-state index in [9.17, 15) is 0 Å². The fourth-order valence-corrected chi connectivity index (χ4v) is 2.29. The molecule has 2 aromatic heterocycles. The molecule has 0 saturated heterocycles. The number of hydrogen-bond donors (Lipinski definition) is 0. The summed E-state index contributed by atoms with van der Waals surface area (Å²) in [4.78, 5) is 4.30. The molecule has 1 aromatic carbocycles. The van der Waals surface area contributed by atoms with Crippen LogP contribution in [0.5, 0.6) is 11.5 Å². The van der Waals surface area contributed by atoms with E-state index in [4.69, 9.17) is 14.0 Å². The highest BCUT2D eigenvalue weighted by molar-refractivity contribution is 5.72. The molecule has 22 heavy (non-hydrogen) atoms. The van der Waals surface area contributed by atoms with E-state index in [2.05, 4.69) is 10.1 Å². The van der Waals surface area contributed by atoms with Crippen LogP contribution in [0.2, 0.25) is 0 Å². The SMILES string of the molecule is COc1cc(OC)cc(-c2noc(-c3ccccn3)c2C)c1. The lowest BCUT2D eigenvalue weighted by molar-refractivity contribution is 0.394. The van der Waals surface area contributed by atoms with Crippen molar-refractivity contribution in [1.82, 2.24) is 10.1 Å². The molecule has 0 aliphatic carbocycles. The van der Waals surface area contributed by atoms with Crippen LogP contribution < -0.4 is 9.47 Å². The van der Waals surface area contributed by atoms with Crippen molar-refractivity contribution in [2.45, 2.75) is 6.92 Å². The van der Waals surface area contributed by atoms with E-state index >= 15 is 0 Å². The molecule has 0 radical (unpaired) electrons. The number of aromatic nitrogens is 2. The van der Waals surface area contributed by atoms with Crippen LogP contribution >= 0.6 is 0 Å². The van der Waals surface area contributed by atoms with Gasteiger partial charge in [0.25, 0.3) is 0 Å². The molecule has 0 fully saturated rings. The predicted molar refractivity (Wildman–Crippen MR) is 83.0 cm³/mol. The van der Waals surface area contributed by atoms with Crippen molar-refractivity contribution in [3.8, 4) is 34.2 Å². The van der Waals surface area contributed by atoms with Crippen molar-refractivity contribution in [3.05, 3.63) is 48.2 Å². The smallest absolute Gasteiger partial charge is 0.188 e. The molecule has 112 valence electrons. The zero-order chi connectivity index (χ0) is 15.5. The number of ether oxygens (including phenoxy) is 2. The summed E-state index contributed by atoms with van der Waals surface area (Å²) in [5.74, 6) is 2.07. The normalized spacial score (nSPS) is 10.5. The second-order valence-corrected chi connectivity index (χ2v) is 4.80. The first-order valence-corrected chi connectivity index (χ1v) is 6.84. The molecule has 3 rings (SSSR count). The molecule has 0 unspecified atom stereocenters. The molecule has 0 aliphatic heterocycles. The first-order valence-electron chi connectivity index (χ1n) is 6.84. The van der Waals surface area contributed by atoms with E-state index in [1.54, 1.807) is 20.4 Å². The second-order valence-electron chi connectivity index (χ2n) is 4.80. The number of rotatable bonds is 4. The molecule has 0 amide bonds. The van der Waals surface area contributed by atoms with Gasteiger partial charge in [-0.05, 0) is 31.2 Å². The number of nitrogens with zero attached hydrogens (tertiary/aromatic N) is 2. The molecule has 0 bridgehead atoms. The Hall–Kier alpha value is -2.82. The van der Waals surface area contributed by atoms with Crippen molar-refractivity contribution < 1.29 is 14.0 Å². The van der Waals surface area contributed by atoms with Crippen molar-refractivity contribution in [2.75, 3.05) is 14.2 Å². The summed E-state index contributed by atoms with van der Waals surface area (Å²) in [5, 5.41) is 4.19. The first kappa shape index (κ1) is 14.1. The van der Waals surface area contributed by atoms with Crippen LogP contribution in [0.15, 0.2) is 47.1 Å². The molecule has 0 N–H and O–H groups in total. The minimum absolute atomic E-state index is 0.664. The number of pyridine rings is 1. The summed E-state index contributed by atoms with van der Waals surface area (Å²) in [5.41, 5.74) is 3.31. The molecule has 5 heteroatoms. The number of hydrogen-bond acceptors (Lipinski definition) is 5. The van der Waals surface area contributed by atoms with Crippen molar-refractivity contribution in [2.24, 2.45) is 0 Å². The molecule has 0 spiro atoms. The maximum absolute atomic E-state index is 5.49. The maximum Gasteiger partial charge on any atom is 0.188 e. The highest BCUT2D eigenvalue weighted by atomic mass is 16.5. The molecular formula is C17H16N2O3. The highest BCUT2D eigenvalue weighted by Crippen LogP contribution is 2.34. The monoisotopic (exact) mass is 296 g/mol. The van der Waals surface area contributed by atoms with Gasteiger partial charge in [-0.3, -0.25) is 4.98 Å². The Morgan fingerprint density at radius 2 is 1.73 bits per heavy atom. The van der Waals surface area contributed by atoms with Crippen LogP contribution in [-0.4, -0.2) is 24.4 Å². The van der Waals surface area contributed by atoms with E-state index in [1.807, 2.05) is 43.3 Å². The topological polar surface area (TPSA) is 57.4 Å². The van der Waals surface area contributed by atoms with Crippen LogP contribution in [0, 0.1) is 6.92 Å².